The first-order valence-electron chi connectivity index (χ1n) is 8.51. The molecule has 0 amide bonds. The zero-order valence-electron chi connectivity index (χ0n) is 15.1. The molecule has 0 aliphatic heterocycles. The molecule has 0 saturated carbocycles. The van der Waals surface area contributed by atoms with Crippen LogP contribution in [0.15, 0.2) is 74.0 Å². The van der Waals surface area contributed by atoms with Crippen LogP contribution < -0.4 is 4.72 Å². The van der Waals surface area contributed by atoms with E-state index in [9.17, 15) is 8.42 Å². The molecule has 2 aromatic heterocycles. The van der Waals surface area contributed by atoms with Gasteiger partial charge in [-0.25, -0.2) is 13.4 Å². The molecule has 0 saturated heterocycles. The fourth-order valence-corrected chi connectivity index (χ4v) is 5.20. The minimum atomic E-state index is -3.93. The Morgan fingerprint density at radius 3 is 2.45 bits per heavy atom. The SMILES string of the molecule is Cc1noc(C(NS(=O)(=O)c2csc(-c3ccc(Br)cc3)n2)c2ccccc2)n1. The minimum Gasteiger partial charge on any atom is -0.337 e. The number of hydrogen-bond donors (Lipinski definition) is 1. The molecule has 0 fully saturated rings. The molecule has 10 heteroatoms. The summed E-state index contributed by atoms with van der Waals surface area (Å²) in [6.07, 6.45) is 0. The van der Waals surface area contributed by atoms with E-state index in [1.807, 2.05) is 42.5 Å². The van der Waals surface area contributed by atoms with Crippen molar-refractivity contribution in [3.63, 3.8) is 0 Å². The van der Waals surface area contributed by atoms with E-state index in [2.05, 4.69) is 35.8 Å². The molecular formula is C19H15BrN4O3S2. The molecule has 0 aliphatic rings. The first-order chi connectivity index (χ1) is 13.9. The number of halogens is 1. The summed E-state index contributed by atoms with van der Waals surface area (Å²) >= 11 is 4.65. The Labute approximate surface area is 180 Å². The third kappa shape index (κ3) is 4.45. The number of thiazole rings is 1. The molecule has 0 radical (unpaired) electrons. The van der Waals surface area contributed by atoms with Crippen molar-refractivity contribution in [2.45, 2.75) is 18.0 Å². The highest BCUT2D eigenvalue weighted by Crippen LogP contribution is 2.28. The van der Waals surface area contributed by atoms with E-state index in [4.69, 9.17) is 4.52 Å². The highest BCUT2D eigenvalue weighted by atomic mass is 79.9. The van der Waals surface area contributed by atoms with Crippen LogP contribution in [0.25, 0.3) is 10.6 Å². The molecule has 1 N–H and O–H groups in total. The highest BCUT2D eigenvalue weighted by molar-refractivity contribution is 9.10. The molecule has 4 aromatic rings. The van der Waals surface area contributed by atoms with Gasteiger partial charge < -0.3 is 4.52 Å². The number of rotatable bonds is 6. The second kappa shape index (κ2) is 8.15. The van der Waals surface area contributed by atoms with Gasteiger partial charge in [0.15, 0.2) is 10.9 Å². The van der Waals surface area contributed by atoms with Crippen molar-refractivity contribution in [1.82, 2.24) is 19.8 Å². The van der Waals surface area contributed by atoms with Crippen LogP contribution in [0.4, 0.5) is 0 Å². The normalized spacial score (nSPS) is 12.8. The van der Waals surface area contributed by atoms with Crippen LogP contribution >= 0.6 is 27.3 Å². The molecule has 0 bridgehead atoms. The lowest BCUT2D eigenvalue weighted by Crippen LogP contribution is -2.30. The van der Waals surface area contributed by atoms with Crippen molar-refractivity contribution in [2.75, 3.05) is 0 Å². The van der Waals surface area contributed by atoms with Gasteiger partial charge in [-0.3, -0.25) is 0 Å². The number of aryl methyl sites for hydroxylation is 1. The van der Waals surface area contributed by atoms with Gasteiger partial charge in [0.25, 0.3) is 10.0 Å². The first kappa shape index (κ1) is 19.9. The Morgan fingerprint density at radius 2 is 1.79 bits per heavy atom. The third-order valence-corrected chi connectivity index (χ3v) is 6.92. The van der Waals surface area contributed by atoms with Gasteiger partial charge in [-0.05, 0) is 24.6 Å². The van der Waals surface area contributed by atoms with Gasteiger partial charge in [-0.1, -0.05) is 63.6 Å². The molecule has 0 aliphatic carbocycles. The number of nitrogens with zero attached hydrogens (tertiary/aromatic N) is 3. The van der Waals surface area contributed by atoms with Crippen LogP contribution in [0.2, 0.25) is 0 Å². The molecule has 7 nitrogen and oxygen atoms in total. The summed E-state index contributed by atoms with van der Waals surface area (Å²) in [5.74, 6) is 0.590. The van der Waals surface area contributed by atoms with Crippen LogP contribution in [0.3, 0.4) is 0 Å². The van der Waals surface area contributed by atoms with Gasteiger partial charge >= 0.3 is 0 Å². The molecule has 1 unspecified atom stereocenters. The highest BCUT2D eigenvalue weighted by Gasteiger charge is 2.28. The number of hydrogen-bond acceptors (Lipinski definition) is 7. The number of nitrogens with one attached hydrogen (secondary N) is 1. The Morgan fingerprint density at radius 1 is 1.07 bits per heavy atom. The standard InChI is InChI=1S/C19H15BrN4O3S2/c1-12-21-18(27-23-12)17(13-5-3-2-4-6-13)24-29(25,26)16-11-28-19(22-16)14-7-9-15(20)10-8-14/h2-11,17,24H,1H3. The number of sulfonamides is 1. The van der Waals surface area contributed by atoms with Crippen LogP contribution in [0.5, 0.6) is 0 Å². The third-order valence-electron chi connectivity index (χ3n) is 4.05. The smallest absolute Gasteiger partial charge is 0.259 e. The quantitative estimate of drug-likeness (QED) is 0.431. The predicted octanol–water partition coefficient (Wildman–Crippen LogP) is 4.33. The lowest BCUT2D eigenvalue weighted by Gasteiger charge is -2.14. The van der Waals surface area contributed by atoms with Crippen molar-refractivity contribution in [3.8, 4) is 10.6 Å². The van der Waals surface area contributed by atoms with Crippen molar-refractivity contribution in [2.24, 2.45) is 0 Å². The Balaban J connectivity index is 1.66. The first-order valence-corrected chi connectivity index (χ1v) is 11.7. The van der Waals surface area contributed by atoms with Crippen LogP contribution in [0, 0.1) is 6.92 Å². The van der Waals surface area contributed by atoms with Crippen molar-refractivity contribution >= 4 is 37.3 Å². The number of benzene rings is 2. The van der Waals surface area contributed by atoms with Gasteiger partial charge in [-0.2, -0.15) is 9.71 Å². The average molecular weight is 491 g/mol. The summed E-state index contributed by atoms with van der Waals surface area (Å²) in [4.78, 5) is 8.51. The van der Waals surface area contributed by atoms with Crippen LogP contribution in [-0.4, -0.2) is 23.5 Å². The molecule has 4 rings (SSSR count). The lowest BCUT2D eigenvalue weighted by atomic mass is 10.1. The second-order valence-corrected chi connectivity index (χ2v) is 9.58. The van der Waals surface area contributed by atoms with Crippen molar-refractivity contribution in [1.29, 1.82) is 0 Å². The topological polar surface area (TPSA) is 98.0 Å². The van der Waals surface area contributed by atoms with Crippen molar-refractivity contribution in [3.05, 3.63) is 81.7 Å². The summed E-state index contributed by atoms with van der Waals surface area (Å²) < 4.78 is 34.9. The van der Waals surface area contributed by atoms with E-state index >= 15 is 0 Å². The fraction of sp³-hybridized carbons (Fsp3) is 0.105. The summed E-state index contributed by atoms with van der Waals surface area (Å²) in [5, 5.41) is 5.85. The monoisotopic (exact) mass is 490 g/mol. The molecular weight excluding hydrogens is 476 g/mol. The summed E-state index contributed by atoms with van der Waals surface area (Å²) in [7, 11) is -3.93. The Kier molecular flexibility index (Phi) is 5.59. The van der Waals surface area contributed by atoms with E-state index in [0.29, 0.717) is 16.4 Å². The van der Waals surface area contributed by atoms with E-state index in [1.165, 1.54) is 16.7 Å². The molecule has 0 spiro atoms. The van der Waals surface area contributed by atoms with Gasteiger partial charge in [0.1, 0.15) is 11.0 Å². The van der Waals surface area contributed by atoms with Crippen molar-refractivity contribution < 1.29 is 12.9 Å². The largest absolute Gasteiger partial charge is 0.337 e. The Bertz CT molecular complexity index is 1220. The van der Waals surface area contributed by atoms with E-state index < -0.39 is 16.1 Å². The van der Waals surface area contributed by atoms with Gasteiger partial charge in [-0.15, -0.1) is 11.3 Å². The zero-order valence-corrected chi connectivity index (χ0v) is 18.3. The van der Waals surface area contributed by atoms with E-state index in [-0.39, 0.29) is 10.9 Å². The van der Waals surface area contributed by atoms with Gasteiger partial charge in [0, 0.05) is 15.4 Å². The van der Waals surface area contributed by atoms with Gasteiger partial charge in [0.2, 0.25) is 5.89 Å². The summed E-state index contributed by atoms with van der Waals surface area (Å²) in [5.41, 5.74) is 1.52. The molecule has 2 heterocycles. The lowest BCUT2D eigenvalue weighted by molar-refractivity contribution is 0.357. The van der Waals surface area contributed by atoms with Gasteiger partial charge in [0.05, 0.1) is 0 Å². The summed E-state index contributed by atoms with van der Waals surface area (Å²) in [6, 6.07) is 15.8. The Hall–Kier alpha value is -2.40. The zero-order chi connectivity index (χ0) is 20.4. The van der Waals surface area contributed by atoms with Crippen LogP contribution in [-0.2, 0) is 10.0 Å². The maximum atomic E-state index is 13.0. The second-order valence-electron chi connectivity index (χ2n) is 6.14. The predicted molar refractivity (Wildman–Crippen MR) is 113 cm³/mol. The maximum Gasteiger partial charge on any atom is 0.259 e. The van der Waals surface area contributed by atoms with E-state index in [0.717, 1.165) is 10.0 Å². The minimum absolute atomic E-state index is 0.0578. The molecule has 29 heavy (non-hydrogen) atoms. The van der Waals surface area contributed by atoms with E-state index in [1.54, 1.807) is 19.1 Å². The van der Waals surface area contributed by atoms with Crippen LogP contribution in [0.1, 0.15) is 23.3 Å². The number of aromatic nitrogens is 3. The summed E-state index contributed by atoms with van der Waals surface area (Å²) in [6.45, 7) is 1.68. The molecule has 1 atom stereocenters. The molecule has 2 aromatic carbocycles. The average Bonchev–Trinajstić information content (AvgIpc) is 3.37. The fourth-order valence-electron chi connectivity index (χ4n) is 2.66. The molecule has 148 valence electrons. The maximum absolute atomic E-state index is 13.0.